The molecule has 4 heteroatoms. The maximum Gasteiger partial charge on any atom is 0.251 e. The van der Waals surface area contributed by atoms with E-state index in [0.29, 0.717) is 0 Å². The number of rotatable bonds is 3. The van der Waals surface area contributed by atoms with Crippen molar-refractivity contribution < 1.29 is 9.53 Å². The van der Waals surface area contributed by atoms with Gasteiger partial charge >= 0.3 is 0 Å². The van der Waals surface area contributed by atoms with E-state index in [-0.39, 0.29) is 12.0 Å². The van der Waals surface area contributed by atoms with E-state index < -0.39 is 0 Å². The highest BCUT2D eigenvalue weighted by atomic mass is 16.5. The number of nitrogens with zero attached hydrogens (tertiary/aromatic N) is 2. The zero-order valence-electron chi connectivity index (χ0n) is 9.73. The predicted octanol–water partition coefficient (Wildman–Crippen LogP) is 0.496. The summed E-state index contributed by atoms with van der Waals surface area (Å²) in [5.41, 5.74) is 0. The fraction of sp³-hybridized carbons (Fsp3) is 0.750. The van der Waals surface area contributed by atoms with E-state index in [1.54, 1.807) is 0 Å². The highest BCUT2D eigenvalue weighted by Gasteiger charge is 2.29. The SMILES string of the molecule is C=CCN1CCN(C(=O)[C@@H]2CCCO2)CC1. The Morgan fingerprint density at radius 2 is 2.12 bits per heavy atom. The summed E-state index contributed by atoms with van der Waals surface area (Å²) in [6.07, 6.45) is 3.67. The molecule has 90 valence electrons. The van der Waals surface area contributed by atoms with Crippen molar-refractivity contribution in [3.05, 3.63) is 12.7 Å². The van der Waals surface area contributed by atoms with Crippen molar-refractivity contribution in [3.63, 3.8) is 0 Å². The van der Waals surface area contributed by atoms with Crippen molar-refractivity contribution in [2.45, 2.75) is 18.9 Å². The third kappa shape index (κ3) is 2.62. The lowest BCUT2D eigenvalue weighted by Gasteiger charge is -2.35. The molecule has 2 heterocycles. The first-order valence-corrected chi connectivity index (χ1v) is 6.05. The van der Waals surface area contributed by atoms with Crippen LogP contribution in [0.2, 0.25) is 0 Å². The van der Waals surface area contributed by atoms with Crippen molar-refractivity contribution in [1.82, 2.24) is 9.80 Å². The zero-order chi connectivity index (χ0) is 11.4. The zero-order valence-corrected chi connectivity index (χ0v) is 9.73. The van der Waals surface area contributed by atoms with E-state index in [1.165, 1.54) is 0 Å². The molecule has 0 saturated carbocycles. The van der Waals surface area contributed by atoms with Gasteiger partial charge in [0.25, 0.3) is 5.91 Å². The summed E-state index contributed by atoms with van der Waals surface area (Å²) in [7, 11) is 0. The van der Waals surface area contributed by atoms with Gasteiger partial charge in [0.1, 0.15) is 6.10 Å². The average molecular weight is 224 g/mol. The minimum Gasteiger partial charge on any atom is -0.368 e. The van der Waals surface area contributed by atoms with Crippen LogP contribution in [0, 0.1) is 0 Å². The van der Waals surface area contributed by atoms with E-state index in [1.807, 2.05) is 11.0 Å². The Kier molecular flexibility index (Phi) is 3.96. The molecule has 16 heavy (non-hydrogen) atoms. The molecule has 0 spiro atoms. The van der Waals surface area contributed by atoms with Crippen LogP contribution in [0.4, 0.5) is 0 Å². The van der Waals surface area contributed by atoms with E-state index in [9.17, 15) is 4.79 Å². The Labute approximate surface area is 96.8 Å². The molecule has 0 N–H and O–H groups in total. The number of hydrogen-bond donors (Lipinski definition) is 0. The van der Waals surface area contributed by atoms with Gasteiger partial charge in [0.2, 0.25) is 0 Å². The molecule has 0 unspecified atom stereocenters. The molecule has 2 aliphatic heterocycles. The van der Waals surface area contributed by atoms with Crippen molar-refractivity contribution in [2.75, 3.05) is 39.3 Å². The second kappa shape index (κ2) is 5.46. The maximum atomic E-state index is 12.0. The third-order valence-corrected chi connectivity index (χ3v) is 3.28. The summed E-state index contributed by atoms with van der Waals surface area (Å²) in [5.74, 6) is 0.191. The van der Waals surface area contributed by atoms with Crippen LogP contribution < -0.4 is 0 Å². The Bertz CT molecular complexity index is 254. The summed E-state index contributed by atoms with van der Waals surface area (Å²) in [6.45, 7) is 8.94. The average Bonchev–Trinajstić information content (AvgIpc) is 2.83. The Morgan fingerprint density at radius 1 is 1.38 bits per heavy atom. The lowest BCUT2D eigenvalue weighted by molar-refractivity contribution is -0.142. The summed E-state index contributed by atoms with van der Waals surface area (Å²) in [5, 5.41) is 0. The van der Waals surface area contributed by atoms with E-state index >= 15 is 0 Å². The molecule has 2 aliphatic rings. The number of carbonyl (C=O) groups is 1. The molecular weight excluding hydrogens is 204 g/mol. The molecule has 0 aliphatic carbocycles. The van der Waals surface area contributed by atoms with E-state index in [4.69, 9.17) is 4.74 Å². The van der Waals surface area contributed by atoms with Crippen LogP contribution in [0.5, 0.6) is 0 Å². The van der Waals surface area contributed by atoms with Crippen LogP contribution in [-0.4, -0.2) is 61.1 Å². The monoisotopic (exact) mass is 224 g/mol. The Hall–Kier alpha value is -0.870. The van der Waals surface area contributed by atoms with Crippen LogP contribution in [0.1, 0.15) is 12.8 Å². The fourth-order valence-corrected chi connectivity index (χ4v) is 2.31. The van der Waals surface area contributed by atoms with E-state index in [0.717, 1.165) is 52.2 Å². The smallest absolute Gasteiger partial charge is 0.251 e. The second-order valence-electron chi connectivity index (χ2n) is 4.42. The quantitative estimate of drug-likeness (QED) is 0.654. The summed E-state index contributed by atoms with van der Waals surface area (Å²) < 4.78 is 5.42. The molecule has 2 saturated heterocycles. The molecule has 1 atom stereocenters. The second-order valence-corrected chi connectivity index (χ2v) is 4.42. The van der Waals surface area contributed by atoms with Crippen LogP contribution >= 0.6 is 0 Å². The summed E-state index contributed by atoms with van der Waals surface area (Å²) in [4.78, 5) is 16.3. The molecule has 0 aromatic heterocycles. The van der Waals surface area contributed by atoms with Gasteiger partial charge in [0.05, 0.1) is 0 Å². The fourth-order valence-electron chi connectivity index (χ4n) is 2.31. The molecule has 0 radical (unpaired) electrons. The van der Waals surface area contributed by atoms with Crippen LogP contribution in [0.15, 0.2) is 12.7 Å². The molecule has 0 bridgehead atoms. The van der Waals surface area contributed by atoms with Crippen molar-refractivity contribution in [1.29, 1.82) is 0 Å². The number of amides is 1. The molecular formula is C12H20N2O2. The lowest BCUT2D eigenvalue weighted by Crippen LogP contribution is -2.51. The first kappa shape index (κ1) is 11.6. The van der Waals surface area contributed by atoms with Gasteiger partial charge in [-0.2, -0.15) is 0 Å². The van der Waals surface area contributed by atoms with Crippen molar-refractivity contribution >= 4 is 5.91 Å². The molecule has 4 nitrogen and oxygen atoms in total. The molecule has 0 aromatic rings. The third-order valence-electron chi connectivity index (χ3n) is 3.28. The topological polar surface area (TPSA) is 32.8 Å². The number of carbonyl (C=O) groups excluding carboxylic acids is 1. The molecule has 2 fully saturated rings. The molecule has 0 aromatic carbocycles. The van der Waals surface area contributed by atoms with Crippen LogP contribution in [-0.2, 0) is 9.53 Å². The van der Waals surface area contributed by atoms with Gasteiger partial charge < -0.3 is 9.64 Å². The first-order chi connectivity index (χ1) is 7.81. The first-order valence-electron chi connectivity index (χ1n) is 6.05. The van der Waals surface area contributed by atoms with Crippen LogP contribution in [0.3, 0.4) is 0 Å². The summed E-state index contributed by atoms with van der Waals surface area (Å²) >= 11 is 0. The molecule has 1 amide bonds. The highest BCUT2D eigenvalue weighted by molar-refractivity contribution is 5.81. The van der Waals surface area contributed by atoms with Crippen molar-refractivity contribution in [3.8, 4) is 0 Å². The van der Waals surface area contributed by atoms with Gasteiger partial charge in [0.15, 0.2) is 0 Å². The van der Waals surface area contributed by atoms with Crippen molar-refractivity contribution in [2.24, 2.45) is 0 Å². The normalized spacial score (nSPS) is 27.0. The number of ether oxygens (including phenoxy) is 1. The maximum absolute atomic E-state index is 12.0. The van der Waals surface area contributed by atoms with Gasteiger partial charge in [0, 0.05) is 39.3 Å². The highest BCUT2D eigenvalue weighted by Crippen LogP contribution is 2.15. The van der Waals surface area contributed by atoms with Crippen LogP contribution in [0.25, 0.3) is 0 Å². The van der Waals surface area contributed by atoms with E-state index in [2.05, 4.69) is 11.5 Å². The Balaban J connectivity index is 1.79. The van der Waals surface area contributed by atoms with Gasteiger partial charge in [-0.25, -0.2) is 0 Å². The standard InChI is InChI=1S/C12H20N2O2/c1-2-5-13-6-8-14(9-7-13)12(15)11-4-3-10-16-11/h2,11H,1,3-10H2/t11-/m0/s1. The van der Waals surface area contributed by atoms with Gasteiger partial charge in [-0.1, -0.05) is 6.08 Å². The largest absolute Gasteiger partial charge is 0.368 e. The lowest BCUT2D eigenvalue weighted by atomic mass is 10.2. The minimum absolute atomic E-state index is 0.161. The number of piperazine rings is 1. The van der Waals surface area contributed by atoms with Gasteiger partial charge in [-0.15, -0.1) is 6.58 Å². The van der Waals surface area contributed by atoms with Gasteiger partial charge in [-0.05, 0) is 12.8 Å². The number of hydrogen-bond acceptors (Lipinski definition) is 3. The summed E-state index contributed by atoms with van der Waals surface area (Å²) in [6, 6.07) is 0. The Morgan fingerprint density at radius 3 is 2.69 bits per heavy atom. The molecule has 2 rings (SSSR count). The predicted molar refractivity (Wildman–Crippen MR) is 62.2 cm³/mol. The minimum atomic E-state index is -0.161. The van der Waals surface area contributed by atoms with Gasteiger partial charge in [-0.3, -0.25) is 9.69 Å².